The Morgan fingerprint density at radius 3 is 2.45 bits per heavy atom. The van der Waals surface area contributed by atoms with Gasteiger partial charge in [0.2, 0.25) is 0 Å². The second kappa shape index (κ2) is 12.5. The van der Waals surface area contributed by atoms with Crippen LogP contribution in [0, 0.1) is 5.92 Å². The summed E-state index contributed by atoms with van der Waals surface area (Å²) in [5, 5.41) is 3.45. The summed E-state index contributed by atoms with van der Waals surface area (Å²) < 4.78 is 11.4. The van der Waals surface area contributed by atoms with E-state index in [-0.39, 0.29) is 36.1 Å². The van der Waals surface area contributed by atoms with Gasteiger partial charge in [0.1, 0.15) is 5.60 Å². The van der Waals surface area contributed by atoms with Crippen LogP contribution in [0.2, 0.25) is 0 Å². The Kier molecular flexibility index (Phi) is 10.6. The minimum absolute atomic E-state index is 0. The molecule has 0 aromatic rings. The number of nitrogens with one attached hydrogen (secondary N) is 1. The number of guanidine groups is 1. The molecule has 1 N–H and O–H groups in total. The molecule has 31 heavy (non-hydrogen) atoms. The highest BCUT2D eigenvalue weighted by Gasteiger charge is 2.35. The van der Waals surface area contributed by atoms with Crippen LogP contribution >= 0.6 is 24.0 Å². The third-order valence-corrected chi connectivity index (χ3v) is 6.06. The Morgan fingerprint density at radius 1 is 1.19 bits per heavy atom. The fourth-order valence-electron chi connectivity index (χ4n) is 4.27. The molecule has 3 aliphatic rings. The van der Waals surface area contributed by atoms with Crippen molar-refractivity contribution in [1.29, 1.82) is 0 Å². The Hall–Kier alpha value is -0.770. The lowest BCUT2D eigenvalue weighted by Crippen LogP contribution is -2.52. The highest BCUT2D eigenvalue weighted by molar-refractivity contribution is 14.0. The quantitative estimate of drug-likeness (QED) is 0.292. The van der Waals surface area contributed by atoms with Crippen molar-refractivity contribution in [2.24, 2.45) is 10.9 Å². The minimum Gasteiger partial charge on any atom is -0.444 e. The summed E-state index contributed by atoms with van der Waals surface area (Å²) in [5.74, 6) is 1.66. The van der Waals surface area contributed by atoms with E-state index in [9.17, 15) is 4.79 Å². The van der Waals surface area contributed by atoms with Crippen LogP contribution in [0.4, 0.5) is 4.79 Å². The first kappa shape index (κ1) is 26.5. The van der Waals surface area contributed by atoms with E-state index in [4.69, 9.17) is 14.5 Å². The predicted molar refractivity (Wildman–Crippen MR) is 135 cm³/mol. The van der Waals surface area contributed by atoms with Crippen molar-refractivity contribution >= 4 is 36.0 Å². The first-order valence-corrected chi connectivity index (χ1v) is 12.0. The van der Waals surface area contributed by atoms with Crippen LogP contribution in [-0.2, 0) is 9.47 Å². The normalized spacial score (nSPS) is 22.8. The van der Waals surface area contributed by atoms with Gasteiger partial charge in [0.05, 0.1) is 6.10 Å². The number of halogens is 1. The lowest BCUT2D eigenvalue weighted by molar-refractivity contribution is 0.00928. The van der Waals surface area contributed by atoms with E-state index < -0.39 is 5.60 Å². The smallest absolute Gasteiger partial charge is 0.410 e. The van der Waals surface area contributed by atoms with Crippen molar-refractivity contribution in [3.63, 3.8) is 0 Å². The number of nitrogens with zero attached hydrogens (tertiary/aromatic N) is 3. The molecule has 0 bridgehead atoms. The van der Waals surface area contributed by atoms with Gasteiger partial charge in [0.15, 0.2) is 5.96 Å². The summed E-state index contributed by atoms with van der Waals surface area (Å²) in [5.41, 5.74) is -0.451. The lowest BCUT2D eigenvalue weighted by atomic mass is 10.0. The molecule has 3 rings (SSSR count). The van der Waals surface area contributed by atoms with Crippen molar-refractivity contribution in [3.05, 3.63) is 0 Å². The molecule has 2 aliphatic heterocycles. The highest BCUT2D eigenvalue weighted by atomic mass is 127. The molecular formula is C23H43IN4O3. The Bertz CT molecular complexity index is 578. The van der Waals surface area contributed by atoms with E-state index >= 15 is 0 Å². The fraction of sp³-hybridized carbons (Fsp3) is 0.913. The lowest BCUT2D eigenvalue weighted by Gasteiger charge is -2.40. The molecule has 0 aromatic carbocycles. The largest absolute Gasteiger partial charge is 0.444 e. The zero-order chi connectivity index (χ0) is 21.6. The molecule has 1 unspecified atom stereocenters. The van der Waals surface area contributed by atoms with Crippen LogP contribution in [0.1, 0.15) is 72.6 Å². The molecule has 1 amide bonds. The third kappa shape index (κ3) is 8.94. The molecule has 1 aliphatic carbocycles. The van der Waals surface area contributed by atoms with Crippen molar-refractivity contribution in [2.45, 2.75) is 90.4 Å². The SMILES string of the molecule is CCNC(=NCCC1CCCO1)N1CCC(N(CC2CC2)C(=O)OC(C)(C)C)CC1.I. The van der Waals surface area contributed by atoms with Crippen LogP contribution in [0.3, 0.4) is 0 Å². The maximum absolute atomic E-state index is 12.8. The zero-order valence-electron chi connectivity index (χ0n) is 19.9. The number of likely N-dealkylation sites (tertiary alicyclic amines) is 1. The number of hydrogen-bond donors (Lipinski definition) is 1. The second-order valence-electron chi connectivity index (χ2n) is 9.95. The number of piperidine rings is 1. The molecule has 0 aromatic heterocycles. The zero-order valence-corrected chi connectivity index (χ0v) is 22.2. The van der Waals surface area contributed by atoms with Gasteiger partial charge in [-0.25, -0.2) is 4.79 Å². The first-order chi connectivity index (χ1) is 14.4. The van der Waals surface area contributed by atoms with E-state index in [1.54, 1.807) is 0 Å². The van der Waals surface area contributed by atoms with Gasteiger partial charge >= 0.3 is 6.09 Å². The van der Waals surface area contributed by atoms with Gasteiger partial charge in [0, 0.05) is 45.4 Å². The molecule has 180 valence electrons. The molecule has 1 saturated carbocycles. The van der Waals surface area contributed by atoms with Gasteiger partial charge in [-0.15, -0.1) is 24.0 Å². The number of rotatable bonds is 7. The van der Waals surface area contributed by atoms with Crippen LogP contribution in [-0.4, -0.2) is 78.9 Å². The molecule has 1 atom stereocenters. The summed E-state index contributed by atoms with van der Waals surface area (Å²) in [6.07, 6.45) is 7.97. The third-order valence-electron chi connectivity index (χ3n) is 6.06. The predicted octanol–water partition coefficient (Wildman–Crippen LogP) is 4.25. The molecular weight excluding hydrogens is 507 g/mol. The maximum Gasteiger partial charge on any atom is 0.410 e. The monoisotopic (exact) mass is 550 g/mol. The molecule has 7 nitrogen and oxygen atoms in total. The number of aliphatic imine (C=N–C) groups is 1. The number of ether oxygens (including phenoxy) is 2. The van der Waals surface area contributed by atoms with Crippen molar-refractivity contribution < 1.29 is 14.3 Å². The average molecular weight is 551 g/mol. The van der Waals surface area contributed by atoms with Gasteiger partial charge < -0.3 is 24.6 Å². The second-order valence-corrected chi connectivity index (χ2v) is 9.95. The summed E-state index contributed by atoms with van der Waals surface area (Å²) in [4.78, 5) is 22.1. The fourth-order valence-corrected chi connectivity index (χ4v) is 4.27. The summed E-state index contributed by atoms with van der Waals surface area (Å²) in [6, 6.07) is 0.256. The standard InChI is InChI=1S/C23H42N4O3.HI/c1-5-24-21(25-13-10-20-7-6-16-29-20)26-14-11-19(12-15-26)27(17-18-8-9-18)22(28)30-23(2,3)4;/h18-20H,5-17H2,1-4H3,(H,24,25);1H. The van der Waals surface area contributed by atoms with Crippen molar-refractivity contribution in [2.75, 3.05) is 39.3 Å². The van der Waals surface area contributed by atoms with Gasteiger partial charge in [-0.1, -0.05) is 0 Å². The van der Waals surface area contributed by atoms with Crippen molar-refractivity contribution in [1.82, 2.24) is 15.1 Å². The van der Waals surface area contributed by atoms with Gasteiger partial charge in [-0.2, -0.15) is 0 Å². The molecule has 2 heterocycles. The number of amides is 1. The van der Waals surface area contributed by atoms with Crippen LogP contribution in [0.5, 0.6) is 0 Å². The summed E-state index contributed by atoms with van der Waals surface area (Å²) >= 11 is 0. The van der Waals surface area contributed by atoms with Crippen LogP contribution in [0.15, 0.2) is 4.99 Å². The van der Waals surface area contributed by atoms with E-state index in [1.165, 1.54) is 25.7 Å². The molecule has 0 spiro atoms. The maximum atomic E-state index is 12.8. The van der Waals surface area contributed by atoms with E-state index in [2.05, 4.69) is 17.1 Å². The first-order valence-electron chi connectivity index (χ1n) is 12.0. The molecule has 8 heteroatoms. The minimum atomic E-state index is -0.451. The summed E-state index contributed by atoms with van der Waals surface area (Å²) in [6.45, 7) is 13.2. The molecule has 2 saturated heterocycles. The number of carbonyl (C=O) groups excluding carboxylic acids is 1. The molecule has 3 fully saturated rings. The van der Waals surface area contributed by atoms with E-state index in [1.807, 2.05) is 25.7 Å². The number of carbonyl (C=O) groups is 1. The van der Waals surface area contributed by atoms with E-state index in [0.717, 1.165) is 64.6 Å². The topological polar surface area (TPSA) is 66.4 Å². The summed E-state index contributed by atoms with van der Waals surface area (Å²) in [7, 11) is 0. The van der Waals surface area contributed by atoms with Crippen LogP contribution < -0.4 is 5.32 Å². The number of hydrogen-bond acceptors (Lipinski definition) is 4. The van der Waals surface area contributed by atoms with Gasteiger partial charge in [-0.05, 0) is 78.6 Å². The molecule has 0 radical (unpaired) electrons. The van der Waals surface area contributed by atoms with Crippen molar-refractivity contribution in [3.8, 4) is 0 Å². The Balaban J connectivity index is 0.00000341. The van der Waals surface area contributed by atoms with Gasteiger partial charge in [-0.3, -0.25) is 4.99 Å². The highest BCUT2D eigenvalue weighted by Crippen LogP contribution is 2.32. The Labute approximate surface area is 205 Å². The van der Waals surface area contributed by atoms with Gasteiger partial charge in [0.25, 0.3) is 0 Å². The average Bonchev–Trinajstić information content (AvgIpc) is 3.37. The van der Waals surface area contributed by atoms with Crippen LogP contribution in [0.25, 0.3) is 0 Å². The van der Waals surface area contributed by atoms with E-state index in [0.29, 0.717) is 12.0 Å². The Morgan fingerprint density at radius 2 is 1.90 bits per heavy atom.